The van der Waals surface area contributed by atoms with E-state index in [-0.39, 0.29) is 34.6 Å². The molecular weight excluding hydrogens is 552 g/mol. The Kier molecular flexibility index (Phi) is 7.92. The minimum atomic E-state index is -0.722. The lowest BCUT2D eigenvalue weighted by molar-refractivity contribution is 0.101. The molecule has 1 N–H and O–H groups in total. The van der Waals surface area contributed by atoms with Crippen LogP contribution >= 0.6 is 11.8 Å². The number of carbonyl (C=O) groups excluding carboxylic acids is 1. The number of pyridine rings is 2. The fourth-order valence-electron chi connectivity index (χ4n) is 4.16. The number of methoxy groups -OCH3 is 2. The molecule has 0 unspecified atom stereocenters. The minimum Gasteiger partial charge on any atom is -0.491 e. The molecule has 3 aromatic heterocycles. The Labute approximate surface area is 237 Å². The van der Waals surface area contributed by atoms with E-state index in [1.165, 1.54) is 56.4 Å². The third-order valence-electron chi connectivity index (χ3n) is 6.09. The Hall–Kier alpha value is -4.84. The third kappa shape index (κ3) is 5.59. The van der Waals surface area contributed by atoms with Crippen molar-refractivity contribution in [3.05, 3.63) is 83.8 Å². The summed E-state index contributed by atoms with van der Waals surface area (Å²) in [6.45, 7) is 1.76. The molecule has 0 aliphatic heterocycles. The molecular formula is C29H23F2N5O4S. The number of rotatable bonds is 8. The first-order chi connectivity index (χ1) is 19.8. The summed E-state index contributed by atoms with van der Waals surface area (Å²) in [6, 6.07) is 13.1. The molecule has 0 aliphatic rings. The molecule has 208 valence electrons. The number of nitrogens with zero attached hydrogens (tertiary/aromatic N) is 4. The number of hydrogen-bond acceptors (Lipinski definition) is 9. The van der Waals surface area contributed by atoms with E-state index in [2.05, 4.69) is 25.5 Å². The molecule has 0 fully saturated rings. The maximum atomic E-state index is 15.1. The molecule has 9 nitrogen and oxygen atoms in total. The molecule has 5 rings (SSSR count). The van der Waals surface area contributed by atoms with Crippen LogP contribution in [0.4, 0.5) is 14.5 Å². The number of aromatic nitrogens is 4. The monoisotopic (exact) mass is 575 g/mol. The van der Waals surface area contributed by atoms with Crippen molar-refractivity contribution in [3.8, 4) is 34.3 Å². The smallest absolute Gasteiger partial charge is 0.277 e. The van der Waals surface area contributed by atoms with E-state index < -0.39 is 11.7 Å². The van der Waals surface area contributed by atoms with E-state index >= 15 is 4.39 Å². The lowest BCUT2D eigenvalue weighted by atomic mass is 10.0. The number of halogens is 2. The van der Waals surface area contributed by atoms with E-state index in [0.717, 1.165) is 6.07 Å². The summed E-state index contributed by atoms with van der Waals surface area (Å²) in [4.78, 5) is 22.4. The van der Waals surface area contributed by atoms with Crippen molar-refractivity contribution in [1.29, 1.82) is 0 Å². The van der Waals surface area contributed by atoms with Gasteiger partial charge in [0.1, 0.15) is 11.3 Å². The molecule has 0 atom stereocenters. The number of carbonyl (C=O) groups is 1. The molecule has 1 amide bonds. The number of anilines is 1. The number of benzene rings is 2. The summed E-state index contributed by atoms with van der Waals surface area (Å²) in [5.41, 5.74) is 3.00. The molecule has 12 heteroatoms. The second-order valence-electron chi connectivity index (χ2n) is 8.63. The first-order valence-electron chi connectivity index (χ1n) is 12.2. The summed E-state index contributed by atoms with van der Waals surface area (Å²) >= 11 is 1.31. The van der Waals surface area contributed by atoms with Crippen LogP contribution in [0.25, 0.3) is 22.2 Å². The number of amides is 1. The summed E-state index contributed by atoms with van der Waals surface area (Å²) in [6.07, 6.45) is 3.30. The van der Waals surface area contributed by atoms with Crippen LogP contribution in [-0.4, -0.2) is 46.5 Å². The van der Waals surface area contributed by atoms with Gasteiger partial charge in [0.25, 0.3) is 11.8 Å². The van der Waals surface area contributed by atoms with Crippen LogP contribution in [0.1, 0.15) is 16.2 Å². The van der Waals surface area contributed by atoms with Gasteiger partial charge in [-0.2, -0.15) is 5.10 Å². The van der Waals surface area contributed by atoms with Gasteiger partial charge in [-0.05, 0) is 43.0 Å². The molecule has 5 aromatic rings. The standard InChI is InChI=1S/C29H23F2N5O4S/c1-15-24(16-5-7-17(30)8-6-16)27(41-4)26(36-35-15)28(37)33-18-9-10-21(19(31)13-18)40-22-11-12-32-20-14-23(38-2)29(39-3)34-25(20)22/h5-14H,1-4H3,(H,33,37). The highest BCUT2D eigenvalue weighted by Gasteiger charge is 2.22. The molecule has 0 bridgehead atoms. The van der Waals surface area contributed by atoms with Gasteiger partial charge in [-0.1, -0.05) is 12.1 Å². The number of ether oxygens (including phenoxy) is 3. The third-order valence-corrected chi connectivity index (χ3v) is 6.89. The van der Waals surface area contributed by atoms with Gasteiger partial charge >= 0.3 is 0 Å². The van der Waals surface area contributed by atoms with Crippen LogP contribution in [0.3, 0.4) is 0 Å². The highest BCUT2D eigenvalue weighted by Crippen LogP contribution is 2.36. The Balaban J connectivity index is 1.41. The van der Waals surface area contributed by atoms with Crippen molar-refractivity contribution in [2.45, 2.75) is 11.8 Å². The highest BCUT2D eigenvalue weighted by molar-refractivity contribution is 7.98. The number of nitrogens with one attached hydrogen (secondary N) is 1. The van der Waals surface area contributed by atoms with Gasteiger partial charge in [0.05, 0.1) is 30.3 Å². The first-order valence-corrected chi connectivity index (χ1v) is 13.4. The average molecular weight is 576 g/mol. The lowest BCUT2D eigenvalue weighted by Gasteiger charge is -2.15. The molecule has 0 spiro atoms. The van der Waals surface area contributed by atoms with E-state index in [1.54, 1.807) is 37.4 Å². The summed E-state index contributed by atoms with van der Waals surface area (Å²) in [5, 5.41) is 10.9. The number of hydrogen-bond donors (Lipinski definition) is 1. The zero-order valence-corrected chi connectivity index (χ0v) is 23.2. The number of fused-ring (bicyclic) bond motifs is 1. The zero-order chi connectivity index (χ0) is 29.1. The van der Waals surface area contributed by atoms with Crippen molar-refractivity contribution in [2.24, 2.45) is 0 Å². The second kappa shape index (κ2) is 11.7. The normalized spacial score (nSPS) is 10.9. The van der Waals surface area contributed by atoms with Gasteiger partial charge in [-0.3, -0.25) is 9.78 Å². The van der Waals surface area contributed by atoms with Crippen LogP contribution in [0, 0.1) is 18.6 Å². The van der Waals surface area contributed by atoms with Crippen LogP contribution in [0.2, 0.25) is 0 Å². The Morgan fingerprint density at radius 2 is 1.71 bits per heavy atom. The van der Waals surface area contributed by atoms with Gasteiger partial charge in [-0.25, -0.2) is 13.8 Å². The van der Waals surface area contributed by atoms with Gasteiger partial charge in [0.15, 0.2) is 28.8 Å². The maximum Gasteiger partial charge on any atom is 0.277 e. The Morgan fingerprint density at radius 3 is 2.39 bits per heavy atom. The molecule has 3 heterocycles. The van der Waals surface area contributed by atoms with E-state index in [0.29, 0.717) is 38.5 Å². The number of aryl methyl sites for hydroxylation is 1. The fraction of sp³-hybridized carbons (Fsp3) is 0.138. The fourth-order valence-corrected chi connectivity index (χ4v) is 4.96. The van der Waals surface area contributed by atoms with Crippen molar-refractivity contribution < 1.29 is 27.8 Å². The predicted octanol–water partition coefficient (Wildman–Crippen LogP) is 6.46. The average Bonchev–Trinajstić information content (AvgIpc) is 2.98. The molecule has 2 aromatic carbocycles. The minimum absolute atomic E-state index is 0.0573. The largest absolute Gasteiger partial charge is 0.491 e. The van der Waals surface area contributed by atoms with Gasteiger partial charge in [0, 0.05) is 35.6 Å². The van der Waals surface area contributed by atoms with E-state index in [1.807, 2.05) is 0 Å². The van der Waals surface area contributed by atoms with Gasteiger partial charge < -0.3 is 19.5 Å². The SMILES string of the molecule is COc1cc2nccc(Oc3ccc(NC(=O)c4nnc(C)c(-c5ccc(F)cc5)c4SC)cc3F)c2nc1OC. The van der Waals surface area contributed by atoms with E-state index in [4.69, 9.17) is 14.2 Å². The van der Waals surface area contributed by atoms with Crippen LogP contribution in [0.5, 0.6) is 23.1 Å². The summed E-state index contributed by atoms with van der Waals surface area (Å²) in [5.74, 6) is -0.902. The zero-order valence-electron chi connectivity index (χ0n) is 22.4. The Bertz CT molecular complexity index is 1770. The molecule has 0 aliphatic carbocycles. The first kappa shape index (κ1) is 27.7. The quantitative estimate of drug-likeness (QED) is 0.209. The molecule has 0 saturated carbocycles. The predicted molar refractivity (Wildman–Crippen MR) is 151 cm³/mol. The van der Waals surface area contributed by atoms with Crippen LogP contribution in [-0.2, 0) is 0 Å². The van der Waals surface area contributed by atoms with Gasteiger partial charge in [-0.15, -0.1) is 16.9 Å². The molecule has 0 radical (unpaired) electrons. The van der Waals surface area contributed by atoms with Crippen molar-refractivity contribution in [3.63, 3.8) is 0 Å². The van der Waals surface area contributed by atoms with Crippen LogP contribution < -0.4 is 19.5 Å². The summed E-state index contributed by atoms with van der Waals surface area (Å²) in [7, 11) is 2.94. The summed E-state index contributed by atoms with van der Waals surface area (Å²) < 4.78 is 45.0. The number of thioether (sulfide) groups is 1. The van der Waals surface area contributed by atoms with Crippen molar-refractivity contribution >= 4 is 34.4 Å². The maximum absolute atomic E-state index is 15.1. The van der Waals surface area contributed by atoms with Crippen molar-refractivity contribution in [2.75, 3.05) is 25.8 Å². The topological polar surface area (TPSA) is 108 Å². The lowest BCUT2D eigenvalue weighted by Crippen LogP contribution is -2.17. The van der Waals surface area contributed by atoms with E-state index in [9.17, 15) is 9.18 Å². The Morgan fingerprint density at radius 1 is 0.927 bits per heavy atom. The van der Waals surface area contributed by atoms with Crippen LogP contribution in [0.15, 0.2) is 65.7 Å². The molecule has 41 heavy (non-hydrogen) atoms. The van der Waals surface area contributed by atoms with Crippen molar-refractivity contribution in [1.82, 2.24) is 20.2 Å². The van der Waals surface area contributed by atoms with Gasteiger partial charge in [0.2, 0.25) is 0 Å². The highest BCUT2D eigenvalue weighted by atomic mass is 32.2. The second-order valence-corrected chi connectivity index (χ2v) is 9.44. The molecule has 0 saturated heterocycles.